The Bertz CT molecular complexity index is 751. The summed E-state index contributed by atoms with van der Waals surface area (Å²) >= 11 is 1.55. The molecule has 1 aliphatic carbocycles. The van der Waals surface area contributed by atoms with E-state index in [4.69, 9.17) is 4.42 Å². The van der Waals surface area contributed by atoms with E-state index in [1.165, 1.54) is 23.8 Å². The number of rotatable bonds is 3. The molecule has 2 aromatic rings. The smallest absolute Gasteiger partial charge is 0.249 e. The van der Waals surface area contributed by atoms with Gasteiger partial charge in [0.1, 0.15) is 16.8 Å². The van der Waals surface area contributed by atoms with Crippen LogP contribution in [0.1, 0.15) is 47.4 Å². The van der Waals surface area contributed by atoms with Crippen molar-refractivity contribution in [3.63, 3.8) is 0 Å². The molecule has 0 atom stereocenters. The van der Waals surface area contributed by atoms with E-state index in [1.807, 2.05) is 0 Å². The fraction of sp³-hybridized carbons (Fsp3) is 0.333. The van der Waals surface area contributed by atoms with Gasteiger partial charge in [-0.05, 0) is 49.5 Å². The van der Waals surface area contributed by atoms with E-state index in [0.717, 1.165) is 31.2 Å². The summed E-state index contributed by atoms with van der Waals surface area (Å²) in [6, 6.07) is 5.83. The summed E-state index contributed by atoms with van der Waals surface area (Å²) in [4.78, 5) is 13.3. The van der Waals surface area contributed by atoms with E-state index in [9.17, 15) is 10.1 Å². The van der Waals surface area contributed by atoms with Crippen molar-refractivity contribution in [1.29, 1.82) is 5.26 Å². The molecule has 0 saturated carbocycles. The monoisotopic (exact) mass is 326 g/mol. The van der Waals surface area contributed by atoms with Gasteiger partial charge in [0.05, 0.1) is 11.8 Å². The first-order valence-electron chi connectivity index (χ1n) is 7.85. The minimum absolute atomic E-state index is 0.243. The molecular weight excluding hydrogens is 308 g/mol. The van der Waals surface area contributed by atoms with Gasteiger partial charge in [0.2, 0.25) is 5.91 Å². The highest BCUT2D eigenvalue weighted by molar-refractivity contribution is 7.16. The van der Waals surface area contributed by atoms with Crippen LogP contribution in [0.25, 0.3) is 6.08 Å². The van der Waals surface area contributed by atoms with E-state index in [-0.39, 0.29) is 5.91 Å². The average molecular weight is 326 g/mol. The van der Waals surface area contributed by atoms with Gasteiger partial charge in [0, 0.05) is 11.0 Å². The van der Waals surface area contributed by atoms with Gasteiger partial charge in [-0.2, -0.15) is 5.26 Å². The highest BCUT2D eigenvalue weighted by Gasteiger charge is 2.19. The van der Waals surface area contributed by atoms with Crippen molar-refractivity contribution in [2.24, 2.45) is 0 Å². The van der Waals surface area contributed by atoms with Crippen LogP contribution in [0.5, 0.6) is 0 Å². The van der Waals surface area contributed by atoms with E-state index in [1.54, 1.807) is 35.8 Å². The minimum Gasteiger partial charge on any atom is -0.465 e. The predicted octanol–water partition coefficient (Wildman–Crippen LogP) is 4.52. The first-order valence-corrected chi connectivity index (χ1v) is 8.67. The summed E-state index contributed by atoms with van der Waals surface area (Å²) in [6.07, 6.45) is 11.3. The Morgan fingerprint density at radius 2 is 2.13 bits per heavy atom. The quantitative estimate of drug-likeness (QED) is 0.843. The SMILES string of the molecule is N#Cc1c(NC(=O)C=Cc2ccco2)sc2c1CCCCCC2. The van der Waals surface area contributed by atoms with E-state index in [0.29, 0.717) is 16.3 Å². The summed E-state index contributed by atoms with van der Waals surface area (Å²) in [5.74, 6) is 0.381. The lowest BCUT2D eigenvalue weighted by molar-refractivity contribution is -0.111. The number of hydrogen-bond donors (Lipinski definition) is 1. The number of nitrogens with one attached hydrogen (secondary N) is 1. The number of carbonyl (C=O) groups excluding carboxylic acids is 1. The number of nitriles is 1. The molecule has 0 spiro atoms. The van der Waals surface area contributed by atoms with Crippen LogP contribution in [0.2, 0.25) is 0 Å². The molecule has 118 valence electrons. The first kappa shape index (κ1) is 15.6. The molecule has 5 heteroatoms. The second-order valence-corrected chi connectivity index (χ2v) is 6.68. The molecule has 0 bridgehead atoms. The highest BCUT2D eigenvalue weighted by Crippen LogP contribution is 2.36. The topological polar surface area (TPSA) is 66.0 Å². The maximum absolute atomic E-state index is 12.1. The number of nitrogens with zero attached hydrogens (tertiary/aromatic N) is 1. The lowest BCUT2D eigenvalue weighted by atomic mass is 9.97. The van der Waals surface area contributed by atoms with Gasteiger partial charge >= 0.3 is 0 Å². The summed E-state index contributed by atoms with van der Waals surface area (Å²) in [5, 5.41) is 13.0. The van der Waals surface area contributed by atoms with E-state index >= 15 is 0 Å². The van der Waals surface area contributed by atoms with E-state index < -0.39 is 0 Å². The van der Waals surface area contributed by atoms with Crippen LogP contribution < -0.4 is 5.32 Å². The average Bonchev–Trinajstić information content (AvgIpc) is 3.13. The molecule has 0 aromatic carbocycles. The first-order chi connectivity index (χ1) is 11.3. The Kier molecular flexibility index (Phi) is 4.94. The molecule has 3 rings (SSSR count). The summed E-state index contributed by atoms with van der Waals surface area (Å²) in [5.41, 5.74) is 1.79. The molecular formula is C18H18N2O2S. The third-order valence-electron chi connectivity index (χ3n) is 3.96. The Morgan fingerprint density at radius 1 is 1.30 bits per heavy atom. The fourth-order valence-corrected chi connectivity index (χ4v) is 4.07. The number of anilines is 1. The fourth-order valence-electron chi connectivity index (χ4n) is 2.82. The van der Waals surface area contributed by atoms with Crippen LogP contribution in [0, 0.1) is 11.3 Å². The maximum Gasteiger partial charge on any atom is 0.249 e. The van der Waals surface area contributed by atoms with Crippen molar-refractivity contribution >= 4 is 28.3 Å². The summed E-state index contributed by atoms with van der Waals surface area (Å²) in [6.45, 7) is 0. The predicted molar refractivity (Wildman–Crippen MR) is 91.3 cm³/mol. The largest absolute Gasteiger partial charge is 0.465 e. The van der Waals surface area contributed by atoms with Crippen molar-refractivity contribution in [2.45, 2.75) is 38.5 Å². The van der Waals surface area contributed by atoms with Crippen LogP contribution in [0.4, 0.5) is 5.00 Å². The molecule has 0 radical (unpaired) electrons. The molecule has 1 aliphatic rings. The zero-order chi connectivity index (χ0) is 16.1. The number of thiophene rings is 1. The molecule has 0 fully saturated rings. The van der Waals surface area contributed by atoms with Gasteiger partial charge in [-0.1, -0.05) is 12.8 Å². The lowest BCUT2D eigenvalue weighted by Crippen LogP contribution is -2.07. The lowest BCUT2D eigenvalue weighted by Gasteiger charge is -2.08. The Balaban J connectivity index is 1.78. The number of hydrogen-bond acceptors (Lipinski definition) is 4. The van der Waals surface area contributed by atoms with Crippen LogP contribution in [0.3, 0.4) is 0 Å². The molecule has 1 amide bonds. The Morgan fingerprint density at radius 3 is 2.87 bits per heavy atom. The Hall–Kier alpha value is -2.32. The normalized spacial score (nSPS) is 14.7. The zero-order valence-corrected chi connectivity index (χ0v) is 13.6. The van der Waals surface area contributed by atoms with Crippen molar-refractivity contribution in [2.75, 3.05) is 5.32 Å². The number of aryl methyl sites for hydroxylation is 1. The number of fused-ring (bicyclic) bond motifs is 1. The van der Waals surface area contributed by atoms with E-state index in [2.05, 4.69) is 11.4 Å². The molecule has 23 heavy (non-hydrogen) atoms. The Labute approximate surface area is 139 Å². The third-order valence-corrected chi connectivity index (χ3v) is 5.17. The standard InChI is InChI=1S/C18H18N2O2S/c19-12-15-14-7-3-1-2-4-8-16(14)23-18(15)20-17(21)10-9-13-6-5-11-22-13/h5-6,9-11H,1-4,7-8H2,(H,20,21). The van der Waals surface area contributed by atoms with Crippen molar-refractivity contribution in [1.82, 2.24) is 0 Å². The molecule has 0 aliphatic heterocycles. The maximum atomic E-state index is 12.1. The molecule has 4 nitrogen and oxygen atoms in total. The third kappa shape index (κ3) is 3.72. The second kappa shape index (κ2) is 7.30. The summed E-state index contributed by atoms with van der Waals surface area (Å²) in [7, 11) is 0. The van der Waals surface area contributed by atoms with Gasteiger partial charge in [0.15, 0.2) is 0 Å². The second-order valence-electron chi connectivity index (χ2n) is 5.57. The summed E-state index contributed by atoms with van der Waals surface area (Å²) < 4.78 is 5.16. The van der Waals surface area contributed by atoms with Crippen LogP contribution in [0.15, 0.2) is 28.9 Å². The molecule has 0 saturated heterocycles. The number of amides is 1. The van der Waals surface area contributed by atoms with Crippen LogP contribution in [-0.2, 0) is 17.6 Å². The van der Waals surface area contributed by atoms with Crippen molar-refractivity contribution in [3.8, 4) is 6.07 Å². The van der Waals surface area contributed by atoms with Gasteiger partial charge in [0.25, 0.3) is 0 Å². The zero-order valence-electron chi connectivity index (χ0n) is 12.8. The molecule has 1 N–H and O–H groups in total. The molecule has 2 heterocycles. The number of furan rings is 1. The van der Waals surface area contributed by atoms with Gasteiger partial charge in [-0.15, -0.1) is 11.3 Å². The number of carbonyl (C=O) groups is 1. The molecule has 2 aromatic heterocycles. The van der Waals surface area contributed by atoms with Gasteiger partial charge in [-0.3, -0.25) is 4.79 Å². The minimum atomic E-state index is -0.243. The van der Waals surface area contributed by atoms with Crippen molar-refractivity contribution in [3.05, 3.63) is 46.2 Å². The van der Waals surface area contributed by atoms with Crippen LogP contribution in [-0.4, -0.2) is 5.91 Å². The highest BCUT2D eigenvalue weighted by atomic mass is 32.1. The molecule has 0 unspecified atom stereocenters. The van der Waals surface area contributed by atoms with Gasteiger partial charge < -0.3 is 9.73 Å². The van der Waals surface area contributed by atoms with Crippen LogP contribution >= 0.6 is 11.3 Å². The van der Waals surface area contributed by atoms with Crippen molar-refractivity contribution < 1.29 is 9.21 Å². The van der Waals surface area contributed by atoms with Gasteiger partial charge in [-0.25, -0.2) is 0 Å².